The van der Waals surface area contributed by atoms with E-state index in [-0.39, 0.29) is 11.7 Å². The number of halogens is 1. The van der Waals surface area contributed by atoms with Crippen LogP contribution in [-0.4, -0.2) is 6.61 Å². The van der Waals surface area contributed by atoms with E-state index in [0.717, 1.165) is 6.42 Å². The van der Waals surface area contributed by atoms with Crippen LogP contribution in [0, 0.1) is 24.1 Å². The van der Waals surface area contributed by atoms with E-state index in [2.05, 4.69) is 5.92 Å². The van der Waals surface area contributed by atoms with Gasteiger partial charge in [-0.15, -0.1) is 12.3 Å². The maximum Gasteiger partial charge on any atom is 0.126 e. The molecular formula is C12H13FO. The highest BCUT2D eigenvalue weighted by molar-refractivity contribution is 5.22. The van der Waals surface area contributed by atoms with Gasteiger partial charge in [0.2, 0.25) is 0 Å². The Kier molecular flexibility index (Phi) is 4.00. The molecule has 0 aromatic heterocycles. The highest BCUT2D eigenvalue weighted by atomic mass is 19.1. The number of benzene rings is 1. The molecule has 0 spiro atoms. The van der Waals surface area contributed by atoms with Crippen LogP contribution in [0.25, 0.3) is 0 Å². The molecule has 1 unspecified atom stereocenters. The van der Waals surface area contributed by atoms with Crippen LogP contribution in [0.4, 0.5) is 4.39 Å². The fraction of sp³-hybridized carbons (Fsp3) is 0.333. The summed E-state index contributed by atoms with van der Waals surface area (Å²) in [5.74, 6) is 3.07. The monoisotopic (exact) mass is 192 g/mol. The molecule has 0 heterocycles. The van der Waals surface area contributed by atoms with Gasteiger partial charge in [0.25, 0.3) is 0 Å². The zero-order chi connectivity index (χ0) is 10.4. The number of terminal acetylenes is 1. The van der Waals surface area contributed by atoms with E-state index < -0.39 is 0 Å². The molecule has 0 fully saturated rings. The van der Waals surface area contributed by atoms with Crippen LogP contribution in [0.3, 0.4) is 0 Å². The molecule has 0 bridgehead atoms. The zero-order valence-electron chi connectivity index (χ0n) is 8.16. The van der Waals surface area contributed by atoms with Crippen LogP contribution in [0.1, 0.15) is 13.3 Å². The van der Waals surface area contributed by atoms with E-state index in [0.29, 0.717) is 12.4 Å². The van der Waals surface area contributed by atoms with Crippen LogP contribution in [-0.2, 0) is 0 Å². The van der Waals surface area contributed by atoms with E-state index in [9.17, 15) is 4.39 Å². The Balaban J connectivity index is 2.36. The van der Waals surface area contributed by atoms with Crippen molar-refractivity contribution in [1.29, 1.82) is 0 Å². The normalized spacial score (nSPS) is 11.8. The third-order valence-corrected chi connectivity index (χ3v) is 1.90. The molecule has 2 heteroatoms. The Labute approximate surface area is 83.9 Å². The van der Waals surface area contributed by atoms with Crippen LogP contribution in [0.15, 0.2) is 24.3 Å². The molecule has 14 heavy (non-hydrogen) atoms. The highest BCUT2D eigenvalue weighted by Gasteiger charge is 1.98. The Morgan fingerprint density at radius 3 is 3.00 bits per heavy atom. The van der Waals surface area contributed by atoms with Crippen molar-refractivity contribution in [2.75, 3.05) is 6.61 Å². The van der Waals surface area contributed by atoms with Crippen molar-refractivity contribution in [3.63, 3.8) is 0 Å². The number of rotatable bonds is 4. The minimum atomic E-state index is -0.285. The summed E-state index contributed by atoms with van der Waals surface area (Å²) in [6.07, 6.45) is 5.99. The summed E-state index contributed by atoms with van der Waals surface area (Å²) in [6.45, 7) is 2.48. The first-order chi connectivity index (χ1) is 6.72. The summed E-state index contributed by atoms with van der Waals surface area (Å²) in [4.78, 5) is 0. The molecule has 0 aliphatic rings. The van der Waals surface area contributed by atoms with Gasteiger partial charge in [-0.05, 0) is 18.6 Å². The number of ether oxygens (including phenoxy) is 1. The van der Waals surface area contributed by atoms with Crippen LogP contribution >= 0.6 is 0 Å². The molecule has 1 rings (SSSR count). The Morgan fingerprint density at radius 1 is 1.57 bits per heavy atom. The molecule has 0 aliphatic carbocycles. The van der Waals surface area contributed by atoms with Crippen molar-refractivity contribution >= 4 is 0 Å². The van der Waals surface area contributed by atoms with E-state index in [1.54, 1.807) is 12.1 Å². The largest absolute Gasteiger partial charge is 0.493 e. The second-order valence-corrected chi connectivity index (χ2v) is 3.16. The second kappa shape index (κ2) is 5.29. The lowest BCUT2D eigenvalue weighted by molar-refractivity contribution is 0.296. The lowest BCUT2D eigenvalue weighted by Gasteiger charge is -2.07. The number of hydrogen-bond donors (Lipinski definition) is 0. The molecule has 1 atom stereocenters. The summed E-state index contributed by atoms with van der Waals surface area (Å²) >= 11 is 0. The van der Waals surface area contributed by atoms with E-state index >= 15 is 0 Å². The quantitative estimate of drug-likeness (QED) is 0.666. The van der Waals surface area contributed by atoms with Gasteiger partial charge in [-0.2, -0.15) is 0 Å². The summed E-state index contributed by atoms with van der Waals surface area (Å²) in [7, 11) is 0. The third-order valence-electron chi connectivity index (χ3n) is 1.90. The molecule has 0 amide bonds. The molecule has 0 N–H and O–H groups in total. The van der Waals surface area contributed by atoms with Crippen molar-refractivity contribution in [2.45, 2.75) is 13.3 Å². The van der Waals surface area contributed by atoms with Gasteiger partial charge in [0.05, 0.1) is 6.61 Å². The van der Waals surface area contributed by atoms with Crippen molar-refractivity contribution < 1.29 is 9.13 Å². The molecule has 0 aliphatic heterocycles. The topological polar surface area (TPSA) is 9.23 Å². The van der Waals surface area contributed by atoms with Crippen LogP contribution < -0.4 is 4.74 Å². The first-order valence-corrected chi connectivity index (χ1v) is 4.57. The average Bonchev–Trinajstić information content (AvgIpc) is 2.17. The van der Waals surface area contributed by atoms with Crippen molar-refractivity contribution in [1.82, 2.24) is 0 Å². The SMILES string of the molecule is C#CC(C)CCOc1cccc(F)c1. The predicted octanol–water partition coefficient (Wildman–Crippen LogP) is 2.86. The average molecular weight is 192 g/mol. The zero-order valence-corrected chi connectivity index (χ0v) is 8.16. The first kappa shape index (κ1) is 10.6. The minimum Gasteiger partial charge on any atom is -0.493 e. The van der Waals surface area contributed by atoms with E-state index in [1.807, 2.05) is 6.92 Å². The van der Waals surface area contributed by atoms with Crippen molar-refractivity contribution in [3.8, 4) is 18.1 Å². The lowest BCUT2D eigenvalue weighted by Crippen LogP contribution is -2.02. The second-order valence-electron chi connectivity index (χ2n) is 3.16. The molecule has 1 nitrogen and oxygen atoms in total. The van der Waals surface area contributed by atoms with Crippen molar-refractivity contribution in [3.05, 3.63) is 30.1 Å². The molecule has 1 aromatic carbocycles. The molecule has 0 saturated heterocycles. The fourth-order valence-corrected chi connectivity index (χ4v) is 0.994. The van der Waals surface area contributed by atoms with Gasteiger partial charge in [-0.1, -0.05) is 13.0 Å². The predicted molar refractivity (Wildman–Crippen MR) is 54.5 cm³/mol. The fourth-order valence-electron chi connectivity index (χ4n) is 0.994. The molecule has 1 aromatic rings. The maximum atomic E-state index is 12.7. The van der Waals surface area contributed by atoms with Gasteiger partial charge >= 0.3 is 0 Å². The molecular weight excluding hydrogens is 179 g/mol. The lowest BCUT2D eigenvalue weighted by atomic mass is 10.1. The number of hydrogen-bond acceptors (Lipinski definition) is 1. The third kappa shape index (κ3) is 3.49. The van der Waals surface area contributed by atoms with Crippen LogP contribution in [0.2, 0.25) is 0 Å². The van der Waals surface area contributed by atoms with Gasteiger partial charge in [0, 0.05) is 12.0 Å². The van der Waals surface area contributed by atoms with Gasteiger partial charge in [-0.25, -0.2) is 4.39 Å². The molecule has 0 radical (unpaired) electrons. The smallest absolute Gasteiger partial charge is 0.126 e. The van der Waals surface area contributed by atoms with Gasteiger partial charge in [-0.3, -0.25) is 0 Å². The van der Waals surface area contributed by atoms with Gasteiger partial charge in [0.1, 0.15) is 11.6 Å². The highest BCUT2D eigenvalue weighted by Crippen LogP contribution is 2.12. The Morgan fingerprint density at radius 2 is 2.36 bits per heavy atom. The van der Waals surface area contributed by atoms with Crippen molar-refractivity contribution in [2.24, 2.45) is 5.92 Å². The Bertz CT molecular complexity index is 327. The summed E-state index contributed by atoms with van der Waals surface area (Å²) < 4.78 is 18.0. The van der Waals surface area contributed by atoms with Gasteiger partial charge < -0.3 is 4.74 Å². The summed E-state index contributed by atoms with van der Waals surface area (Å²) in [6, 6.07) is 6.09. The summed E-state index contributed by atoms with van der Waals surface area (Å²) in [5.41, 5.74) is 0. The maximum absolute atomic E-state index is 12.7. The van der Waals surface area contributed by atoms with Crippen LogP contribution in [0.5, 0.6) is 5.75 Å². The Hall–Kier alpha value is -1.49. The van der Waals surface area contributed by atoms with E-state index in [1.165, 1.54) is 12.1 Å². The standard InChI is InChI=1S/C12H13FO/c1-3-10(2)7-8-14-12-6-4-5-11(13)9-12/h1,4-6,9-10H,7-8H2,2H3. The van der Waals surface area contributed by atoms with Gasteiger partial charge in [0.15, 0.2) is 0 Å². The first-order valence-electron chi connectivity index (χ1n) is 4.57. The van der Waals surface area contributed by atoms with E-state index in [4.69, 9.17) is 11.2 Å². The molecule has 0 saturated carbocycles. The summed E-state index contributed by atoms with van der Waals surface area (Å²) in [5, 5.41) is 0. The minimum absolute atomic E-state index is 0.198. The molecule has 74 valence electrons.